The summed E-state index contributed by atoms with van der Waals surface area (Å²) in [5.74, 6) is -1.88. The molecule has 1 saturated carbocycles. The van der Waals surface area contributed by atoms with Crippen LogP contribution in [0.4, 0.5) is 8.78 Å². The van der Waals surface area contributed by atoms with Gasteiger partial charge in [0.1, 0.15) is 11.6 Å². The molecule has 1 aliphatic carbocycles. The fraction of sp³-hybridized carbons (Fsp3) is 0.333. The van der Waals surface area contributed by atoms with Crippen LogP contribution in [0.1, 0.15) is 25.3 Å². The molecule has 24 heavy (non-hydrogen) atoms. The number of benzene rings is 2. The lowest BCUT2D eigenvalue weighted by molar-refractivity contribution is 0.300. The zero-order valence-electron chi connectivity index (χ0n) is 13.3. The maximum Gasteiger partial charge on any atom is 0.249 e. The molecular weight excluding hydrogens is 332 g/mol. The van der Waals surface area contributed by atoms with Crippen LogP contribution in [0.2, 0.25) is 0 Å². The number of rotatable bonds is 6. The van der Waals surface area contributed by atoms with E-state index in [4.69, 9.17) is 0 Å². The topological polar surface area (TPSA) is 37.4 Å². The second kappa shape index (κ2) is 6.61. The Balaban J connectivity index is 2.03. The van der Waals surface area contributed by atoms with Gasteiger partial charge in [0.25, 0.3) is 0 Å². The molecule has 6 heteroatoms. The summed E-state index contributed by atoms with van der Waals surface area (Å²) in [7, 11) is -4.28. The summed E-state index contributed by atoms with van der Waals surface area (Å²) in [5.41, 5.74) is 0.783. The number of hydrogen-bond acceptors (Lipinski definition) is 2. The molecule has 0 radical (unpaired) electrons. The van der Waals surface area contributed by atoms with Crippen molar-refractivity contribution in [2.24, 2.45) is 5.92 Å². The van der Waals surface area contributed by atoms with Gasteiger partial charge >= 0.3 is 0 Å². The number of sulfonamides is 1. The van der Waals surface area contributed by atoms with Gasteiger partial charge in [-0.05, 0) is 43.4 Å². The fourth-order valence-corrected chi connectivity index (χ4v) is 4.66. The fourth-order valence-electron chi connectivity index (χ4n) is 2.87. The van der Waals surface area contributed by atoms with Crippen LogP contribution >= 0.6 is 0 Å². The Morgan fingerprint density at radius 3 is 2.17 bits per heavy atom. The van der Waals surface area contributed by atoms with Crippen LogP contribution in [0, 0.1) is 17.6 Å². The first-order chi connectivity index (χ1) is 11.4. The van der Waals surface area contributed by atoms with E-state index in [1.54, 1.807) is 19.1 Å². The van der Waals surface area contributed by atoms with Crippen LogP contribution in [0.15, 0.2) is 53.4 Å². The van der Waals surface area contributed by atoms with Gasteiger partial charge in [0.2, 0.25) is 10.0 Å². The molecule has 128 valence electrons. The van der Waals surface area contributed by atoms with Crippen molar-refractivity contribution in [2.75, 3.05) is 0 Å². The lowest BCUT2D eigenvalue weighted by Gasteiger charge is -2.29. The SMILES string of the molecule is C[C@H](C1CC1)N(Cc1ccccc1)S(=O)(=O)c1c(F)cccc1F. The third-order valence-electron chi connectivity index (χ3n) is 4.43. The van der Waals surface area contributed by atoms with Gasteiger partial charge in [0.15, 0.2) is 4.90 Å². The molecule has 0 aliphatic heterocycles. The molecule has 1 aliphatic rings. The number of nitrogens with zero attached hydrogens (tertiary/aromatic N) is 1. The highest BCUT2D eigenvalue weighted by Gasteiger charge is 2.40. The van der Waals surface area contributed by atoms with Gasteiger partial charge < -0.3 is 0 Å². The van der Waals surface area contributed by atoms with Gasteiger partial charge in [0, 0.05) is 12.6 Å². The second-order valence-corrected chi connectivity index (χ2v) is 7.99. The van der Waals surface area contributed by atoms with Gasteiger partial charge in [0.05, 0.1) is 0 Å². The van der Waals surface area contributed by atoms with Crippen molar-refractivity contribution in [2.45, 2.75) is 37.2 Å². The monoisotopic (exact) mass is 351 g/mol. The van der Waals surface area contributed by atoms with Crippen LogP contribution in [0.25, 0.3) is 0 Å². The van der Waals surface area contributed by atoms with Crippen molar-refractivity contribution in [3.63, 3.8) is 0 Å². The van der Waals surface area contributed by atoms with Crippen LogP contribution in [0.5, 0.6) is 0 Å². The molecule has 1 atom stereocenters. The highest BCUT2D eigenvalue weighted by Crippen LogP contribution is 2.38. The first-order valence-electron chi connectivity index (χ1n) is 7.91. The van der Waals surface area contributed by atoms with E-state index in [1.807, 2.05) is 18.2 Å². The van der Waals surface area contributed by atoms with Crippen molar-refractivity contribution in [3.8, 4) is 0 Å². The standard InChI is InChI=1S/C18H19F2NO2S/c1-13(15-10-11-15)21(12-14-6-3-2-4-7-14)24(22,23)18-16(19)8-5-9-17(18)20/h2-9,13,15H,10-12H2,1H3/t13-/m1/s1. The predicted octanol–water partition coefficient (Wildman–Crippen LogP) is 3.95. The average molecular weight is 351 g/mol. The number of hydrogen-bond donors (Lipinski definition) is 0. The lowest BCUT2D eigenvalue weighted by atomic mass is 10.2. The summed E-state index contributed by atoms with van der Waals surface area (Å²) in [6.07, 6.45) is 1.86. The molecule has 2 aromatic rings. The Labute approximate surface area is 141 Å². The molecule has 2 aromatic carbocycles. The maximum absolute atomic E-state index is 14.1. The Morgan fingerprint density at radius 2 is 1.62 bits per heavy atom. The third kappa shape index (κ3) is 3.35. The zero-order valence-corrected chi connectivity index (χ0v) is 14.1. The second-order valence-electron chi connectivity index (χ2n) is 6.16. The molecule has 0 aromatic heterocycles. The van der Waals surface area contributed by atoms with E-state index in [0.29, 0.717) is 0 Å². The molecule has 0 amide bonds. The van der Waals surface area contributed by atoms with E-state index in [2.05, 4.69) is 0 Å². The summed E-state index contributed by atoms with van der Waals surface area (Å²) in [6, 6.07) is 11.9. The molecule has 0 bridgehead atoms. The zero-order chi connectivity index (χ0) is 17.3. The normalized spacial score (nSPS) is 16.3. The van der Waals surface area contributed by atoms with E-state index in [0.717, 1.165) is 36.6 Å². The summed E-state index contributed by atoms with van der Waals surface area (Å²) >= 11 is 0. The van der Waals surface area contributed by atoms with Gasteiger partial charge in [-0.1, -0.05) is 36.4 Å². The molecular formula is C18H19F2NO2S. The van der Waals surface area contributed by atoms with Crippen molar-refractivity contribution in [1.82, 2.24) is 4.31 Å². The minimum Gasteiger partial charge on any atom is -0.207 e. The molecule has 0 N–H and O–H groups in total. The van der Waals surface area contributed by atoms with Crippen LogP contribution in [0.3, 0.4) is 0 Å². The van der Waals surface area contributed by atoms with E-state index < -0.39 is 26.6 Å². The van der Waals surface area contributed by atoms with E-state index in [9.17, 15) is 17.2 Å². The molecule has 3 rings (SSSR count). The van der Waals surface area contributed by atoms with Crippen molar-refractivity contribution >= 4 is 10.0 Å². The first-order valence-corrected chi connectivity index (χ1v) is 9.35. The molecule has 0 unspecified atom stereocenters. The maximum atomic E-state index is 14.1. The third-order valence-corrected chi connectivity index (χ3v) is 6.41. The van der Waals surface area contributed by atoms with Gasteiger partial charge in [-0.25, -0.2) is 17.2 Å². The van der Waals surface area contributed by atoms with Gasteiger partial charge in [-0.2, -0.15) is 4.31 Å². The Kier molecular flexibility index (Phi) is 4.69. The minimum absolute atomic E-state index is 0.0919. The predicted molar refractivity (Wildman–Crippen MR) is 87.7 cm³/mol. The Morgan fingerprint density at radius 1 is 1.04 bits per heavy atom. The summed E-state index contributed by atoms with van der Waals surface area (Å²) in [5, 5.41) is 0. The molecule has 0 saturated heterocycles. The smallest absolute Gasteiger partial charge is 0.207 e. The van der Waals surface area contributed by atoms with E-state index in [1.165, 1.54) is 4.31 Å². The number of halogens is 2. The summed E-state index contributed by atoms with van der Waals surface area (Å²) < 4.78 is 55.4. The van der Waals surface area contributed by atoms with E-state index in [-0.39, 0.29) is 18.5 Å². The Hall–Kier alpha value is -1.79. The van der Waals surface area contributed by atoms with E-state index >= 15 is 0 Å². The quantitative estimate of drug-likeness (QED) is 0.790. The Bertz CT molecular complexity index is 800. The van der Waals surface area contributed by atoms with Crippen LogP contribution in [-0.2, 0) is 16.6 Å². The van der Waals surface area contributed by atoms with Crippen molar-refractivity contribution in [3.05, 3.63) is 65.7 Å². The largest absolute Gasteiger partial charge is 0.249 e. The van der Waals surface area contributed by atoms with Crippen molar-refractivity contribution < 1.29 is 17.2 Å². The van der Waals surface area contributed by atoms with Gasteiger partial charge in [-0.15, -0.1) is 0 Å². The summed E-state index contributed by atoms with van der Waals surface area (Å²) in [4.78, 5) is -0.867. The highest BCUT2D eigenvalue weighted by atomic mass is 32.2. The van der Waals surface area contributed by atoms with Crippen LogP contribution < -0.4 is 0 Å². The highest BCUT2D eigenvalue weighted by molar-refractivity contribution is 7.89. The first kappa shape index (κ1) is 17.0. The summed E-state index contributed by atoms with van der Waals surface area (Å²) in [6.45, 7) is 1.89. The molecule has 0 heterocycles. The molecule has 3 nitrogen and oxygen atoms in total. The van der Waals surface area contributed by atoms with Crippen molar-refractivity contribution in [1.29, 1.82) is 0 Å². The molecule has 1 fully saturated rings. The minimum atomic E-state index is -4.28. The molecule has 0 spiro atoms. The van der Waals surface area contributed by atoms with Crippen LogP contribution in [-0.4, -0.2) is 18.8 Å². The van der Waals surface area contributed by atoms with Gasteiger partial charge in [-0.3, -0.25) is 0 Å². The average Bonchev–Trinajstić information content (AvgIpc) is 3.37. The lowest BCUT2D eigenvalue weighted by Crippen LogP contribution is -2.40.